The van der Waals surface area contributed by atoms with E-state index in [0.29, 0.717) is 6.42 Å². The largest absolute Gasteiger partial charge is 0.496 e. The van der Waals surface area contributed by atoms with Gasteiger partial charge in [0.25, 0.3) is 0 Å². The molecule has 0 unspecified atom stereocenters. The van der Waals surface area contributed by atoms with Crippen molar-refractivity contribution in [3.05, 3.63) is 58.1 Å². The molecule has 0 aromatic heterocycles. The molecular weight excluding hydrogens is 390 g/mol. The van der Waals surface area contributed by atoms with E-state index >= 15 is 0 Å². The number of hydrogen-bond acceptors (Lipinski definition) is 5. The number of nitrogens with one attached hydrogen (secondary N) is 1. The van der Waals surface area contributed by atoms with Crippen LogP contribution in [0.25, 0.3) is 0 Å². The monoisotopic (exact) mass is 411 g/mol. The number of benzene rings is 2. The lowest BCUT2D eigenvalue weighted by Gasteiger charge is -2.19. The van der Waals surface area contributed by atoms with E-state index in [1.165, 1.54) is 25.3 Å². The quantitative estimate of drug-likeness (QED) is 0.699. The van der Waals surface area contributed by atoms with Crippen molar-refractivity contribution in [3.63, 3.8) is 0 Å². The van der Waals surface area contributed by atoms with Crippen molar-refractivity contribution in [3.8, 4) is 5.75 Å². The van der Waals surface area contributed by atoms with E-state index in [0.717, 1.165) is 16.9 Å². The van der Waals surface area contributed by atoms with E-state index in [1.54, 1.807) is 13.2 Å². The van der Waals surface area contributed by atoms with Gasteiger partial charge < -0.3 is 9.47 Å². The van der Waals surface area contributed by atoms with Crippen molar-refractivity contribution in [2.45, 2.75) is 31.2 Å². The topological polar surface area (TPSA) is 81.7 Å². The molecule has 0 aliphatic rings. The summed E-state index contributed by atoms with van der Waals surface area (Å²) in [6, 6.07) is 9.00. The molecule has 0 bridgehead atoms. The highest BCUT2D eigenvalue weighted by Crippen LogP contribution is 2.27. The molecule has 1 atom stereocenters. The van der Waals surface area contributed by atoms with E-state index in [-0.39, 0.29) is 15.5 Å². The van der Waals surface area contributed by atoms with Crippen LogP contribution in [0, 0.1) is 6.92 Å². The zero-order valence-electron chi connectivity index (χ0n) is 15.6. The Morgan fingerprint density at radius 3 is 2.44 bits per heavy atom. The standard InChI is InChI=1S/C19H22ClNO5S/c1-5-17(13-6-9-18(25-3)12(2)10-13)21-27(23,24)14-7-8-16(20)15(11-14)19(22)26-4/h6-11,17,21H,5H2,1-4H3/t17-/m1/s1. The molecule has 2 aromatic carbocycles. The van der Waals surface area contributed by atoms with Crippen LogP contribution in [-0.2, 0) is 14.8 Å². The Morgan fingerprint density at radius 2 is 1.89 bits per heavy atom. The number of ether oxygens (including phenoxy) is 2. The number of carbonyl (C=O) groups is 1. The van der Waals surface area contributed by atoms with Gasteiger partial charge in [-0.1, -0.05) is 30.7 Å². The Kier molecular flexibility index (Phi) is 6.86. The van der Waals surface area contributed by atoms with Crippen molar-refractivity contribution in [1.29, 1.82) is 0 Å². The molecule has 27 heavy (non-hydrogen) atoms. The number of aryl methyl sites for hydroxylation is 1. The molecule has 0 spiro atoms. The minimum Gasteiger partial charge on any atom is -0.496 e. The van der Waals surface area contributed by atoms with Gasteiger partial charge in [0.15, 0.2) is 0 Å². The maximum absolute atomic E-state index is 12.8. The van der Waals surface area contributed by atoms with Crippen molar-refractivity contribution in [2.75, 3.05) is 14.2 Å². The third-order valence-electron chi connectivity index (χ3n) is 4.18. The van der Waals surface area contributed by atoms with Crippen LogP contribution in [0.15, 0.2) is 41.3 Å². The fourth-order valence-electron chi connectivity index (χ4n) is 2.70. The minimum atomic E-state index is -3.88. The normalized spacial score (nSPS) is 12.5. The second kappa shape index (κ2) is 8.73. The fourth-order valence-corrected chi connectivity index (χ4v) is 4.23. The molecule has 2 rings (SSSR count). The highest BCUT2D eigenvalue weighted by molar-refractivity contribution is 7.89. The molecule has 2 aromatic rings. The summed E-state index contributed by atoms with van der Waals surface area (Å²) in [5, 5.41) is 0.124. The summed E-state index contributed by atoms with van der Waals surface area (Å²) >= 11 is 5.97. The van der Waals surface area contributed by atoms with Crippen LogP contribution in [0.2, 0.25) is 5.02 Å². The van der Waals surface area contributed by atoms with Gasteiger partial charge in [-0.25, -0.2) is 17.9 Å². The van der Waals surface area contributed by atoms with Crippen LogP contribution in [0.3, 0.4) is 0 Å². The summed E-state index contributed by atoms with van der Waals surface area (Å²) in [7, 11) is -1.09. The molecule has 8 heteroatoms. The first-order chi connectivity index (χ1) is 12.7. The predicted molar refractivity (Wildman–Crippen MR) is 104 cm³/mol. The van der Waals surface area contributed by atoms with Gasteiger partial charge in [-0.15, -0.1) is 0 Å². The van der Waals surface area contributed by atoms with Crippen molar-refractivity contribution in [1.82, 2.24) is 4.72 Å². The van der Waals surface area contributed by atoms with Crippen LogP contribution in [0.5, 0.6) is 5.75 Å². The predicted octanol–water partition coefficient (Wildman–Crippen LogP) is 3.87. The molecule has 0 heterocycles. The highest BCUT2D eigenvalue weighted by Gasteiger charge is 2.23. The Labute approximate surface area is 164 Å². The molecule has 6 nitrogen and oxygen atoms in total. The number of sulfonamides is 1. The van der Waals surface area contributed by atoms with Gasteiger partial charge in [-0.2, -0.15) is 0 Å². The van der Waals surface area contributed by atoms with Gasteiger partial charge in [0.1, 0.15) is 5.75 Å². The molecule has 0 saturated carbocycles. The van der Waals surface area contributed by atoms with E-state index in [2.05, 4.69) is 9.46 Å². The van der Waals surface area contributed by atoms with Gasteiger partial charge >= 0.3 is 5.97 Å². The smallest absolute Gasteiger partial charge is 0.339 e. The molecule has 0 fully saturated rings. The lowest BCUT2D eigenvalue weighted by atomic mass is 10.0. The summed E-state index contributed by atoms with van der Waals surface area (Å²) in [6.45, 7) is 3.78. The number of methoxy groups -OCH3 is 2. The fraction of sp³-hybridized carbons (Fsp3) is 0.316. The molecule has 0 aliphatic carbocycles. The first-order valence-corrected chi connectivity index (χ1v) is 10.1. The summed E-state index contributed by atoms with van der Waals surface area (Å²) in [5.74, 6) is 0.0340. The second-order valence-corrected chi connectivity index (χ2v) is 8.07. The summed E-state index contributed by atoms with van der Waals surface area (Å²) in [5.41, 5.74) is 1.73. The van der Waals surface area contributed by atoms with E-state index in [9.17, 15) is 13.2 Å². The van der Waals surface area contributed by atoms with Gasteiger partial charge in [-0.3, -0.25) is 0 Å². The van der Waals surface area contributed by atoms with Crippen molar-refractivity contribution < 1.29 is 22.7 Å². The Morgan fingerprint density at radius 1 is 1.19 bits per heavy atom. The van der Waals surface area contributed by atoms with Crippen molar-refractivity contribution >= 4 is 27.6 Å². The number of esters is 1. The minimum absolute atomic E-state index is 0.00428. The van der Waals surface area contributed by atoms with Crippen LogP contribution in [0.1, 0.15) is 40.9 Å². The lowest BCUT2D eigenvalue weighted by molar-refractivity contribution is 0.0600. The second-order valence-electron chi connectivity index (χ2n) is 5.94. The van der Waals surface area contributed by atoms with Crippen LogP contribution in [0.4, 0.5) is 0 Å². The molecule has 0 aliphatic heterocycles. The maximum Gasteiger partial charge on any atom is 0.339 e. The van der Waals surface area contributed by atoms with Crippen molar-refractivity contribution in [2.24, 2.45) is 0 Å². The number of halogens is 1. The SMILES string of the molecule is CC[C@@H](NS(=O)(=O)c1ccc(Cl)c(C(=O)OC)c1)c1ccc(OC)c(C)c1. The van der Waals surface area contributed by atoms with Crippen LogP contribution in [-0.4, -0.2) is 28.6 Å². The van der Waals surface area contributed by atoms with Crippen LogP contribution < -0.4 is 9.46 Å². The summed E-state index contributed by atoms with van der Waals surface area (Å²) < 4.78 is 38.2. The van der Waals surface area contributed by atoms with Gasteiger partial charge in [-0.05, 0) is 48.7 Å². The summed E-state index contributed by atoms with van der Waals surface area (Å²) in [6.07, 6.45) is 0.544. The lowest BCUT2D eigenvalue weighted by Crippen LogP contribution is -2.28. The maximum atomic E-state index is 12.8. The van der Waals surface area contributed by atoms with E-state index in [1.807, 2.05) is 26.0 Å². The average molecular weight is 412 g/mol. The third kappa shape index (κ3) is 4.80. The number of rotatable bonds is 7. The molecule has 0 radical (unpaired) electrons. The van der Waals surface area contributed by atoms with Gasteiger partial charge in [0, 0.05) is 6.04 Å². The number of carbonyl (C=O) groups excluding carboxylic acids is 1. The molecule has 1 N–H and O–H groups in total. The molecule has 146 valence electrons. The zero-order chi connectivity index (χ0) is 20.2. The van der Waals surface area contributed by atoms with Gasteiger partial charge in [0.05, 0.1) is 29.7 Å². The highest BCUT2D eigenvalue weighted by atomic mass is 35.5. The van der Waals surface area contributed by atoms with E-state index in [4.69, 9.17) is 16.3 Å². The Hall–Kier alpha value is -2.09. The summed E-state index contributed by atoms with van der Waals surface area (Å²) in [4.78, 5) is 11.7. The Balaban J connectivity index is 2.36. The third-order valence-corrected chi connectivity index (χ3v) is 5.98. The Bertz CT molecular complexity index is 943. The zero-order valence-corrected chi connectivity index (χ0v) is 17.1. The first kappa shape index (κ1) is 21.2. The molecular formula is C19H22ClNO5S. The molecule has 0 amide bonds. The average Bonchev–Trinajstić information content (AvgIpc) is 2.65. The van der Waals surface area contributed by atoms with E-state index < -0.39 is 22.0 Å². The van der Waals surface area contributed by atoms with Gasteiger partial charge in [0.2, 0.25) is 10.0 Å². The number of hydrogen-bond donors (Lipinski definition) is 1. The van der Waals surface area contributed by atoms with Crippen LogP contribution >= 0.6 is 11.6 Å². The first-order valence-electron chi connectivity index (χ1n) is 8.28. The molecule has 0 saturated heterocycles.